The summed E-state index contributed by atoms with van der Waals surface area (Å²) in [5, 5.41) is 3.16. The molecule has 2 aromatic carbocycles. The van der Waals surface area contributed by atoms with Crippen LogP contribution in [0.1, 0.15) is 49.9 Å². The van der Waals surface area contributed by atoms with Crippen LogP contribution in [0.15, 0.2) is 54.7 Å². The van der Waals surface area contributed by atoms with Crippen molar-refractivity contribution in [3.8, 4) is 0 Å². The third-order valence-electron chi connectivity index (χ3n) is 4.90. The smallest absolute Gasteiger partial charge is 0.258 e. The SMILES string of the molecule is Cc1ccc(C2CC(=O)c3cnc(NC(=O)c4cccc(Cl)c4)nc3C2)cc1. The number of carbonyl (C=O) groups excluding carboxylic acids is 2. The van der Waals surface area contributed by atoms with Crippen LogP contribution in [0.25, 0.3) is 0 Å². The molecule has 1 unspecified atom stereocenters. The van der Waals surface area contributed by atoms with E-state index in [9.17, 15) is 9.59 Å². The molecular weight excluding hydrogens is 374 g/mol. The Morgan fingerprint density at radius 1 is 1.14 bits per heavy atom. The van der Waals surface area contributed by atoms with E-state index in [0.29, 0.717) is 34.7 Å². The fraction of sp³-hybridized carbons (Fsp3) is 0.182. The van der Waals surface area contributed by atoms with Gasteiger partial charge in [-0.2, -0.15) is 0 Å². The van der Waals surface area contributed by atoms with Crippen molar-refractivity contribution in [3.63, 3.8) is 0 Å². The maximum Gasteiger partial charge on any atom is 0.258 e. The number of carbonyl (C=O) groups is 2. The molecule has 1 aliphatic rings. The number of nitrogens with one attached hydrogen (secondary N) is 1. The van der Waals surface area contributed by atoms with Crippen LogP contribution in [0.4, 0.5) is 5.95 Å². The molecular formula is C22H18ClN3O2. The summed E-state index contributed by atoms with van der Waals surface area (Å²) in [6, 6.07) is 14.9. The van der Waals surface area contributed by atoms with Gasteiger partial charge in [0.1, 0.15) is 0 Å². The number of ketones is 1. The number of fused-ring (bicyclic) bond motifs is 1. The minimum Gasteiger partial charge on any atom is -0.294 e. The maximum absolute atomic E-state index is 12.5. The molecule has 3 aromatic rings. The number of rotatable bonds is 3. The standard InChI is InChI=1S/C22H18ClN3O2/c1-13-5-7-14(8-6-13)16-10-19-18(20(27)11-16)12-24-22(25-19)26-21(28)15-3-2-4-17(23)9-15/h2-9,12,16H,10-11H2,1H3,(H,24,25,26,28). The number of benzene rings is 2. The Balaban J connectivity index is 1.57. The summed E-state index contributed by atoms with van der Waals surface area (Å²) in [5.41, 5.74) is 3.91. The lowest BCUT2D eigenvalue weighted by Crippen LogP contribution is -2.22. The second-order valence-electron chi connectivity index (χ2n) is 6.96. The third kappa shape index (κ3) is 3.80. The van der Waals surface area contributed by atoms with E-state index in [1.165, 1.54) is 11.8 Å². The zero-order valence-corrected chi connectivity index (χ0v) is 16.0. The Morgan fingerprint density at radius 3 is 2.68 bits per heavy atom. The highest BCUT2D eigenvalue weighted by molar-refractivity contribution is 6.31. The summed E-state index contributed by atoms with van der Waals surface area (Å²) in [7, 11) is 0. The maximum atomic E-state index is 12.5. The summed E-state index contributed by atoms with van der Waals surface area (Å²) < 4.78 is 0. The normalized spacial score (nSPS) is 15.8. The zero-order chi connectivity index (χ0) is 19.7. The number of halogens is 1. The van der Waals surface area contributed by atoms with E-state index < -0.39 is 0 Å². The first-order valence-corrected chi connectivity index (χ1v) is 9.40. The average Bonchev–Trinajstić information content (AvgIpc) is 2.68. The molecule has 1 amide bonds. The van der Waals surface area contributed by atoms with Gasteiger partial charge in [0.15, 0.2) is 5.78 Å². The first kappa shape index (κ1) is 18.3. The van der Waals surface area contributed by atoms with Crippen LogP contribution < -0.4 is 5.32 Å². The summed E-state index contributed by atoms with van der Waals surface area (Å²) >= 11 is 5.94. The van der Waals surface area contributed by atoms with Gasteiger partial charge < -0.3 is 0 Å². The molecule has 0 bridgehead atoms. The van der Waals surface area contributed by atoms with Crippen LogP contribution in [-0.4, -0.2) is 21.7 Å². The fourth-order valence-electron chi connectivity index (χ4n) is 3.38. The number of hydrogen-bond donors (Lipinski definition) is 1. The van der Waals surface area contributed by atoms with E-state index >= 15 is 0 Å². The van der Waals surface area contributed by atoms with Gasteiger partial charge in [-0.15, -0.1) is 0 Å². The molecule has 140 valence electrons. The summed E-state index contributed by atoms with van der Waals surface area (Å²) in [5.74, 6) is -0.0627. The first-order valence-electron chi connectivity index (χ1n) is 9.02. The Hall–Kier alpha value is -3.05. The van der Waals surface area contributed by atoms with E-state index in [2.05, 4.69) is 27.4 Å². The van der Waals surface area contributed by atoms with Crippen LogP contribution >= 0.6 is 11.6 Å². The molecule has 5 nitrogen and oxygen atoms in total. The number of anilines is 1. The molecule has 1 atom stereocenters. The zero-order valence-electron chi connectivity index (χ0n) is 15.3. The monoisotopic (exact) mass is 391 g/mol. The number of hydrogen-bond acceptors (Lipinski definition) is 4. The Kier molecular flexibility index (Phi) is 4.92. The molecule has 0 radical (unpaired) electrons. The molecule has 1 heterocycles. The van der Waals surface area contributed by atoms with Crippen molar-refractivity contribution < 1.29 is 9.59 Å². The Morgan fingerprint density at radius 2 is 1.93 bits per heavy atom. The topological polar surface area (TPSA) is 72.0 Å². The number of nitrogens with zero attached hydrogens (tertiary/aromatic N) is 2. The highest BCUT2D eigenvalue weighted by Crippen LogP contribution is 2.32. The summed E-state index contributed by atoms with van der Waals surface area (Å²) in [4.78, 5) is 33.5. The van der Waals surface area contributed by atoms with Gasteiger partial charge in [0, 0.05) is 23.2 Å². The first-order chi connectivity index (χ1) is 13.5. The van der Waals surface area contributed by atoms with E-state index in [0.717, 1.165) is 5.56 Å². The van der Waals surface area contributed by atoms with Gasteiger partial charge >= 0.3 is 0 Å². The van der Waals surface area contributed by atoms with Crippen molar-refractivity contribution in [1.82, 2.24) is 9.97 Å². The van der Waals surface area contributed by atoms with Gasteiger partial charge in [-0.05, 0) is 43.0 Å². The van der Waals surface area contributed by atoms with Crippen LogP contribution in [0, 0.1) is 6.92 Å². The quantitative estimate of drug-likeness (QED) is 0.708. The fourth-order valence-corrected chi connectivity index (χ4v) is 3.57. The van der Waals surface area contributed by atoms with Gasteiger partial charge in [0.05, 0.1) is 11.3 Å². The number of Topliss-reactive ketones (excluding diaryl/α,β-unsaturated/α-hetero) is 1. The lowest BCUT2D eigenvalue weighted by Gasteiger charge is -2.23. The largest absolute Gasteiger partial charge is 0.294 e. The minimum atomic E-state index is -0.348. The predicted octanol–water partition coefficient (Wildman–Crippen LogP) is 4.60. The van der Waals surface area contributed by atoms with Crippen LogP contribution in [0.2, 0.25) is 5.02 Å². The predicted molar refractivity (Wildman–Crippen MR) is 108 cm³/mol. The number of amides is 1. The highest BCUT2D eigenvalue weighted by atomic mass is 35.5. The molecule has 0 saturated carbocycles. The van der Waals surface area contributed by atoms with Crippen LogP contribution in [0.3, 0.4) is 0 Å². The van der Waals surface area contributed by atoms with Crippen molar-refractivity contribution in [2.75, 3.05) is 5.32 Å². The molecule has 1 aromatic heterocycles. The van der Waals surface area contributed by atoms with E-state index in [1.54, 1.807) is 24.3 Å². The van der Waals surface area contributed by atoms with Crippen molar-refractivity contribution >= 4 is 29.2 Å². The molecule has 0 spiro atoms. The van der Waals surface area contributed by atoms with Gasteiger partial charge in [-0.1, -0.05) is 47.5 Å². The second-order valence-corrected chi connectivity index (χ2v) is 7.39. The van der Waals surface area contributed by atoms with Gasteiger partial charge in [-0.25, -0.2) is 9.97 Å². The van der Waals surface area contributed by atoms with Crippen LogP contribution in [-0.2, 0) is 6.42 Å². The number of aromatic nitrogens is 2. The number of aryl methyl sites for hydroxylation is 1. The molecule has 1 N–H and O–H groups in total. The Bertz CT molecular complexity index is 1060. The molecule has 4 rings (SSSR count). The molecule has 0 saturated heterocycles. The van der Waals surface area contributed by atoms with Gasteiger partial charge in [0.25, 0.3) is 5.91 Å². The highest BCUT2D eigenvalue weighted by Gasteiger charge is 2.28. The second kappa shape index (κ2) is 7.52. The van der Waals surface area contributed by atoms with Crippen molar-refractivity contribution in [2.45, 2.75) is 25.7 Å². The van der Waals surface area contributed by atoms with Gasteiger partial charge in [-0.3, -0.25) is 14.9 Å². The lowest BCUT2D eigenvalue weighted by atomic mass is 9.82. The molecule has 0 aliphatic heterocycles. The Labute approximate surface area is 167 Å². The summed E-state index contributed by atoms with van der Waals surface area (Å²) in [6.45, 7) is 2.03. The van der Waals surface area contributed by atoms with Crippen molar-refractivity contribution in [3.05, 3.63) is 87.7 Å². The third-order valence-corrected chi connectivity index (χ3v) is 5.14. The minimum absolute atomic E-state index is 0.0274. The van der Waals surface area contributed by atoms with E-state index in [-0.39, 0.29) is 23.6 Å². The van der Waals surface area contributed by atoms with E-state index in [4.69, 9.17) is 11.6 Å². The summed E-state index contributed by atoms with van der Waals surface area (Å²) in [6.07, 6.45) is 2.57. The molecule has 6 heteroatoms. The van der Waals surface area contributed by atoms with Gasteiger partial charge in [0.2, 0.25) is 5.95 Å². The van der Waals surface area contributed by atoms with Crippen molar-refractivity contribution in [1.29, 1.82) is 0 Å². The van der Waals surface area contributed by atoms with Crippen molar-refractivity contribution in [2.24, 2.45) is 0 Å². The van der Waals surface area contributed by atoms with Crippen LogP contribution in [0.5, 0.6) is 0 Å². The molecule has 0 fully saturated rings. The lowest BCUT2D eigenvalue weighted by molar-refractivity contribution is 0.0962. The molecule has 1 aliphatic carbocycles. The molecule has 28 heavy (non-hydrogen) atoms. The van der Waals surface area contributed by atoms with E-state index in [1.807, 2.05) is 19.1 Å². The average molecular weight is 392 g/mol.